The van der Waals surface area contributed by atoms with Gasteiger partial charge < -0.3 is 34.6 Å². The lowest BCUT2D eigenvalue weighted by molar-refractivity contribution is -0.340. The highest BCUT2D eigenvalue weighted by molar-refractivity contribution is 5.96. The van der Waals surface area contributed by atoms with Crippen LogP contribution in [0.4, 0.5) is 0 Å². The Balaban J connectivity index is 1.60. The van der Waals surface area contributed by atoms with E-state index in [4.69, 9.17) is 14.2 Å². The van der Waals surface area contributed by atoms with Gasteiger partial charge in [0.2, 0.25) is 6.10 Å². The third-order valence-corrected chi connectivity index (χ3v) is 11.3. The van der Waals surface area contributed by atoms with Crippen LogP contribution < -0.4 is 0 Å². The zero-order valence-electron chi connectivity index (χ0n) is 23.7. The number of fused-ring (bicyclic) bond motifs is 1. The first-order valence-corrected chi connectivity index (χ1v) is 14.0. The summed E-state index contributed by atoms with van der Waals surface area (Å²) in [4.78, 5) is 39.6. The van der Waals surface area contributed by atoms with Crippen molar-refractivity contribution in [3.8, 4) is 0 Å². The van der Waals surface area contributed by atoms with Crippen LogP contribution in [-0.4, -0.2) is 80.6 Å². The maximum absolute atomic E-state index is 13.5. The standard InChI is InChI=1S/C29H42O10/c1-12(2)28(35,13(3)4)10-19(31)39-21-20-15(6)22(32)29(36)25-26(7)16(14(5)8-17(30)23(26)33)9-18(38-24(21)34)27(20,25)11-37-29/h8,12-13,15-16,18,20-23,25,32-33,35-36H,9-11H2,1-7H3/t15?,16-,18+,20?,21?,22+,23+,25?,26?,27-,29+/m0/s1. The number of rotatable bonds is 5. The van der Waals surface area contributed by atoms with E-state index in [1.165, 1.54) is 6.08 Å². The molecule has 0 amide bonds. The van der Waals surface area contributed by atoms with Gasteiger partial charge in [-0.25, -0.2) is 4.79 Å². The largest absolute Gasteiger partial charge is 0.459 e. The molecule has 1 spiro atoms. The van der Waals surface area contributed by atoms with E-state index in [-0.39, 0.29) is 31.3 Å². The molecule has 11 atom stereocenters. The van der Waals surface area contributed by atoms with Gasteiger partial charge >= 0.3 is 11.9 Å². The minimum Gasteiger partial charge on any atom is -0.459 e. The zero-order valence-corrected chi connectivity index (χ0v) is 23.7. The molecule has 3 aliphatic carbocycles. The van der Waals surface area contributed by atoms with Gasteiger partial charge in [0.15, 0.2) is 11.6 Å². The first-order valence-electron chi connectivity index (χ1n) is 14.0. The van der Waals surface area contributed by atoms with Crippen LogP contribution in [0.2, 0.25) is 0 Å². The lowest BCUT2D eigenvalue weighted by Gasteiger charge is -2.68. The Labute approximate surface area is 228 Å². The summed E-state index contributed by atoms with van der Waals surface area (Å²) in [6.45, 7) is 12.3. The van der Waals surface area contributed by atoms with E-state index in [1.807, 2.05) is 0 Å². The van der Waals surface area contributed by atoms with Crippen LogP contribution in [0.25, 0.3) is 0 Å². The molecule has 2 bridgehead atoms. The van der Waals surface area contributed by atoms with Crippen LogP contribution in [0.5, 0.6) is 0 Å². The zero-order chi connectivity index (χ0) is 29.0. The molecule has 4 fully saturated rings. The van der Waals surface area contributed by atoms with E-state index in [1.54, 1.807) is 48.5 Å². The van der Waals surface area contributed by atoms with Crippen molar-refractivity contribution >= 4 is 17.7 Å². The van der Waals surface area contributed by atoms with Crippen molar-refractivity contribution in [3.05, 3.63) is 11.6 Å². The van der Waals surface area contributed by atoms with E-state index in [0.29, 0.717) is 5.57 Å². The highest BCUT2D eigenvalue weighted by Crippen LogP contribution is 2.73. The molecule has 2 saturated heterocycles. The van der Waals surface area contributed by atoms with Crippen molar-refractivity contribution < 1.29 is 49.0 Å². The molecular weight excluding hydrogens is 508 g/mol. The van der Waals surface area contributed by atoms with Gasteiger partial charge in [0.25, 0.3) is 0 Å². The van der Waals surface area contributed by atoms with Crippen LogP contribution in [0.3, 0.4) is 0 Å². The molecule has 2 heterocycles. The van der Waals surface area contributed by atoms with Gasteiger partial charge in [-0.2, -0.15) is 0 Å². The number of ether oxygens (including phenoxy) is 3. The van der Waals surface area contributed by atoms with Gasteiger partial charge in [0.05, 0.1) is 18.6 Å². The Morgan fingerprint density at radius 2 is 1.82 bits per heavy atom. The normalized spacial score (nSPS) is 46.9. The van der Waals surface area contributed by atoms with Crippen molar-refractivity contribution in [1.29, 1.82) is 0 Å². The fourth-order valence-corrected chi connectivity index (χ4v) is 9.22. The molecule has 5 rings (SSSR count). The molecule has 218 valence electrons. The second-order valence-electron chi connectivity index (χ2n) is 13.6. The third-order valence-electron chi connectivity index (χ3n) is 11.3. The highest BCUT2D eigenvalue weighted by atomic mass is 16.7. The molecule has 0 aromatic rings. The summed E-state index contributed by atoms with van der Waals surface area (Å²) < 4.78 is 17.8. The van der Waals surface area contributed by atoms with Crippen LogP contribution in [0.15, 0.2) is 11.6 Å². The minimum atomic E-state index is -2.12. The Bertz CT molecular complexity index is 1110. The van der Waals surface area contributed by atoms with E-state index < -0.39 is 88.0 Å². The number of hydrogen-bond acceptors (Lipinski definition) is 10. The van der Waals surface area contributed by atoms with Crippen LogP contribution >= 0.6 is 0 Å². The molecule has 2 saturated carbocycles. The van der Waals surface area contributed by atoms with Gasteiger partial charge in [-0.3, -0.25) is 9.59 Å². The quantitative estimate of drug-likeness (QED) is 0.365. The fourth-order valence-electron chi connectivity index (χ4n) is 9.22. The molecule has 10 heteroatoms. The summed E-state index contributed by atoms with van der Waals surface area (Å²) in [6.07, 6.45) is -3.83. The SMILES string of the molecule is CC1=CC(=O)[C@@H](O)C2(C)C3[C@]45CO[C@]3(O)[C@H](O)C(C)C4C(OC(=O)CC(O)(C(C)C)C(C)C)C(=O)O[C@@H]5C[C@@H]12. The van der Waals surface area contributed by atoms with E-state index >= 15 is 0 Å². The Morgan fingerprint density at radius 1 is 1.21 bits per heavy atom. The molecule has 5 aliphatic rings. The molecule has 2 aliphatic heterocycles. The molecule has 0 radical (unpaired) electrons. The predicted octanol–water partition coefficient (Wildman–Crippen LogP) is 1.12. The number of carbonyl (C=O) groups is 3. The second-order valence-corrected chi connectivity index (χ2v) is 13.6. The van der Waals surface area contributed by atoms with Gasteiger partial charge in [0, 0.05) is 22.7 Å². The number of allylic oxidation sites excluding steroid dienone is 1. The number of hydrogen-bond donors (Lipinski definition) is 4. The minimum absolute atomic E-state index is 0.111. The van der Waals surface area contributed by atoms with Crippen molar-refractivity contribution in [2.75, 3.05) is 6.61 Å². The first kappa shape index (κ1) is 28.7. The van der Waals surface area contributed by atoms with Crippen molar-refractivity contribution in [2.24, 2.45) is 46.3 Å². The molecule has 39 heavy (non-hydrogen) atoms. The Hall–Kier alpha value is -1.85. The summed E-state index contributed by atoms with van der Waals surface area (Å²) in [5.41, 5.74) is -3.05. The molecule has 4 N–H and O–H groups in total. The summed E-state index contributed by atoms with van der Waals surface area (Å²) in [5.74, 6) is -7.69. The lowest BCUT2D eigenvalue weighted by atomic mass is 9.38. The van der Waals surface area contributed by atoms with Gasteiger partial charge in [0.1, 0.15) is 18.3 Å². The maximum Gasteiger partial charge on any atom is 0.348 e. The van der Waals surface area contributed by atoms with E-state index in [2.05, 4.69) is 0 Å². The highest BCUT2D eigenvalue weighted by Gasteiger charge is 2.83. The number of esters is 2. The average Bonchev–Trinajstić information content (AvgIpc) is 3.13. The predicted molar refractivity (Wildman–Crippen MR) is 135 cm³/mol. The average molecular weight is 551 g/mol. The first-order chi connectivity index (χ1) is 18.0. The van der Waals surface area contributed by atoms with E-state index in [0.717, 1.165) is 0 Å². The third kappa shape index (κ3) is 3.47. The van der Waals surface area contributed by atoms with Crippen molar-refractivity contribution in [3.63, 3.8) is 0 Å². The smallest absolute Gasteiger partial charge is 0.348 e. The van der Waals surface area contributed by atoms with Crippen LogP contribution in [0, 0.1) is 46.3 Å². The lowest BCUT2D eigenvalue weighted by Crippen LogP contribution is -2.78. The van der Waals surface area contributed by atoms with Gasteiger partial charge in [-0.15, -0.1) is 0 Å². The Morgan fingerprint density at radius 3 is 2.41 bits per heavy atom. The topological polar surface area (TPSA) is 160 Å². The van der Waals surface area contributed by atoms with E-state index in [9.17, 15) is 34.8 Å². The monoisotopic (exact) mass is 550 g/mol. The fraction of sp³-hybridized carbons (Fsp3) is 0.828. The summed E-state index contributed by atoms with van der Waals surface area (Å²) >= 11 is 0. The van der Waals surface area contributed by atoms with Crippen molar-refractivity contribution in [1.82, 2.24) is 0 Å². The molecule has 0 aromatic carbocycles. The summed E-state index contributed by atoms with van der Waals surface area (Å²) in [5, 5.41) is 45.9. The summed E-state index contributed by atoms with van der Waals surface area (Å²) in [7, 11) is 0. The van der Waals surface area contributed by atoms with Crippen molar-refractivity contribution in [2.45, 2.75) is 97.1 Å². The number of carbonyl (C=O) groups excluding carboxylic acids is 3. The second kappa shape index (κ2) is 8.82. The van der Waals surface area contributed by atoms with Crippen LogP contribution in [0.1, 0.15) is 61.3 Å². The number of ketones is 1. The number of aliphatic hydroxyl groups is 4. The molecule has 0 aromatic heterocycles. The molecule has 5 unspecified atom stereocenters. The molecular formula is C29H42O10. The van der Waals surface area contributed by atoms with Gasteiger partial charge in [-0.05, 0) is 43.1 Å². The Kier molecular flexibility index (Phi) is 6.49. The summed E-state index contributed by atoms with van der Waals surface area (Å²) in [6, 6.07) is 0. The van der Waals surface area contributed by atoms with Crippen LogP contribution in [-0.2, 0) is 28.6 Å². The van der Waals surface area contributed by atoms with Gasteiger partial charge in [-0.1, -0.05) is 47.1 Å². The maximum atomic E-state index is 13.5. The molecule has 10 nitrogen and oxygen atoms in total. The number of aliphatic hydroxyl groups excluding tert-OH is 2.